The normalized spacial score (nSPS) is 11.6. The van der Waals surface area contributed by atoms with Gasteiger partial charge >= 0.3 is 0 Å². The second-order valence-corrected chi connectivity index (χ2v) is 7.76. The molecule has 0 bridgehead atoms. The van der Waals surface area contributed by atoms with E-state index in [2.05, 4.69) is 5.32 Å². The Balaban J connectivity index is 1.94. The molecule has 2 rings (SSSR count). The van der Waals surface area contributed by atoms with Crippen molar-refractivity contribution in [3.05, 3.63) is 59.7 Å². The fourth-order valence-corrected chi connectivity index (χ4v) is 3.00. The maximum Gasteiger partial charge on any atom is 0.242 e. The van der Waals surface area contributed by atoms with Gasteiger partial charge in [0, 0.05) is 32.3 Å². The van der Waals surface area contributed by atoms with Crippen molar-refractivity contribution in [2.45, 2.75) is 17.7 Å². The van der Waals surface area contributed by atoms with Gasteiger partial charge in [0.25, 0.3) is 0 Å². The highest BCUT2D eigenvalue weighted by atomic mass is 32.2. The van der Waals surface area contributed by atoms with Crippen LogP contribution in [-0.2, 0) is 21.2 Å². The largest absolute Gasteiger partial charge is 0.326 e. The molecule has 0 saturated carbocycles. The minimum atomic E-state index is -3.49. The Labute approximate surface area is 145 Å². The van der Waals surface area contributed by atoms with E-state index in [1.54, 1.807) is 12.1 Å². The second kappa shape index (κ2) is 7.71. The van der Waals surface area contributed by atoms with Gasteiger partial charge in [0.05, 0.1) is 4.90 Å². The lowest BCUT2D eigenvalue weighted by molar-refractivity contribution is -0.116. The van der Waals surface area contributed by atoms with Crippen molar-refractivity contribution in [2.75, 3.05) is 19.4 Å². The van der Waals surface area contributed by atoms with Gasteiger partial charge in [-0.2, -0.15) is 0 Å². The quantitative estimate of drug-likeness (QED) is 0.853. The maximum absolute atomic E-state index is 13.1. The zero-order chi connectivity index (χ0) is 18.6. The molecule has 5 nitrogen and oxygen atoms in total. The van der Waals surface area contributed by atoms with Gasteiger partial charge in [0.1, 0.15) is 0 Å². The molecule has 0 radical (unpaired) electrons. The summed E-state index contributed by atoms with van der Waals surface area (Å²) in [5, 5.41) is 2.48. The highest BCUT2D eigenvalue weighted by molar-refractivity contribution is 7.89. The molecule has 0 fully saturated rings. The van der Waals surface area contributed by atoms with Gasteiger partial charge in [0.15, 0.2) is 11.6 Å². The van der Waals surface area contributed by atoms with Gasteiger partial charge in [-0.1, -0.05) is 12.1 Å². The van der Waals surface area contributed by atoms with Crippen LogP contribution >= 0.6 is 0 Å². The highest BCUT2D eigenvalue weighted by Gasteiger charge is 2.16. The van der Waals surface area contributed by atoms with E-state index in [4.69, 9.17) is 0 Å². The summed E-state index contributed by atoms with van der Waals surface area (Å²) >= 11 is 0. The van der Waals surface area contributed by atoms with Crippen LogP contribution in [0.4, 0.5) is 14.5 Å². The summed E-state index contributed by atoms with van der Waals surface area (Å²) < 4.78 is 51.0. The number of hydrogen-bond acceptors (Lipinski definition) is 3. The summed E-state index contributed by atoms with van der Waals surface area (Å²) in [6, 6.07) is 9.37. The van der Waals surface area contributed by atoms with Gasteiger partial charge < -0.3 is 5.32 Å². The number of carbonyl (C=O) groups is 1. The Bertz CT molecular complexity index is 866. The lowest BCUT2D eigenvalue weighted by Crippen LogP contribution is -2.22. The first-order valence-electron chi connectivity index (χ1n) is 7.46. The monoisotopic (exact) mass is 368 g/mol. The highest BCUT2D eigenvalue weighted by Crippen LogP contribution is 2.16. The third kappa shape index (κ3) is 4.83. The molecule has 0 spiro atoms. The molecule has 0 saturated heterocycles. The summed E-state index contributed by atoms with van der Waals surface area (Å²) in [6.07, 6.45) is 0.510. The molecule has 8 heteroatoms. The van der Waals surface area contributed by atoms with Crippen molar-refractivity contribution in [1.82, 2.24) is 4.31 Å². The molecule has 0 atom stereocenters. The van der Waals surface area contributed by atoms with Crippen LogP contribution < -0.4 is 5.32 Å². The fourth-order valence-electron chi connectivity index (χ4n) is 2.09. The molecular formula is C17H18F2N2O3S. The average molecular weight is 368 g/mol. The Morgan fingerprint density at radius 2 is 1.68 bits per heavy atom. The first-order chi connectivity index (χ1) is 11.7. The van der Waals surface area contributed by atoms with Crippen molar-refractivity contribution in [3.63, 3.8) is 0 Å². The molecule has 134 valence electrons. The molecular weight excluding hydrogens is 350 g/mol. The van der Waals surface area contributed by atoms with E-state index in [-0.39, 0.29) is 22.9 Å². The topological polar surface area (TPSA) is 66.5 Å². The predicted molar refractivity (Wildman–Crippen MR) is 90.6 cm³/mol. The minimum Gasteiger partial charge on any atom is -0.326 e. The van der Waals surface area contributed by atoms with E-state index in [1.165, 1.54) is 32.3 Å². The molecule has 0 aliphatic rings. The Morgan fingerprint density at radius 3 is 2.24 bits per heavy atom. The minimum absolute atomic E-state index is 0.124. The molecule has 1 amide bonds. The molecule has 0 aliphatic heterocycles. The molecule has 2 aromatic carbocycles. The third-order valence-electron chi connectivity index (χ3n) is 3.55. The first kappa shape index (κ1) is 19.0. The number of rotatable bonds is 6. The number of anilines is 1. The van der Waals surface area contributed by atoms with Crippen LogP contribution in [0.5, 0.6) is 0 Å². The van der Waals surface area contributed by atoms with Gasteiger partial charge in [-0.05, 0) is 36.2 Å². The number of amides is 1. The van der Waals surface area contributed by atoms with Gasteiger partial charge in [-0.25, -0.2) is 21.5 Å². The SMILES string of the molecule is CN(C)S(=O)(=O)c1ccc(CCC(=O)Nc2ccc(F)c(F)c2)cc1. The second-order valence-electron chi connectivity index (χ2n) is 5.61. The van der Waals surface area contributed by atoms with Crippen molar-refractivity contribution >= 4 is 21.6 Å². The van der Waals surface area contributed by atoms with Gasteiger partial charge in [-0.3, -0.25) is 4.79 Å². The van der Waals surface area contributed by atoms with Crippen LogP contribution in [0.1, 0.15) is 12.0 Å². The van der Waals surface area contributed by atoms with E-state index in [9.17, 15) is 22.0 Å². The predicted octanol–water partition coefficient (Wildman–Crippen LogP) is 2.79. The van der Waals surface area contributed by atoms with Crippen molar-refractivity contribution < 1.29 is 22.0 Å². The molecule has 0 unspecified atom stereocenters. The van der Waals surface area contributed by atoms with Crippen molar-refractivity contribution in [3.8, 4) is 0 Å². The molecule has 2 aromatic rings. The van der Waals surface area contributed by atoms with Crippen LogP contribution in [0.2, 0.25) is 0 Å². The first-order valence-corrected chi connectivity index (χ1v) is 8.90. The number of nitrogens with one attached hydrogen (secondary N) is 1. The third-order valence-corrected chi connectivity index (χ3v) is 5.38. The molecule has 1 N–H and O–H groups in total. The van der Waals surface area contributed by atoms with Crippen molar-refractivity contribution in [1.29, 1.82) is 0 Å². The zero-order valence-corrected chi connectivity index (χ0v) is 14.6. The van der Waals surface area contributed by atoms with E-state index < -0.39 is 21.7 Å². The standard InChI is InChI=1S/C17H18F2N2O3S/c1-21(2)25(23,24)14-7-3-12(4-8-14)5-10-17(22)20-13-6-9-15(18)16(19)11-13/h3-4,6-9,11H,5,10H2,1-2H3,(H,20,22). The van der Waals surface area contributed by atoms with Gasteiger partial charge in [-0.15, -0.1) is 0 Å². The molecule has 0 heterocycles. The number of halogens is 2. The van der Waals surface area contributed by atoms with Crippen molar-refractivity contribution in [2.24, 2.45) is 0 Å². The summed E-state index contributed by atoms with van der Waals surface area (Å²) in [6.45, 7) is 0. The molecule has 0 aliphatic carbocycles. The Morgan fingerprint density at radius 1 is 1.04 bits per heavy atom. The lowest BCUT2D eigenvalue weighted by atomic mass is 10.1. The molecule has 0 aromatic heterocycles. The van der Waals surface area contributed by atoms with E-state index in [0.717, 1.165) is 22.0 Å². The van der Waals surface area contributed by atoms with Crippen LogP contribution in [-0.4, -0.2) is 32.7 Å². The summed E-state index contributed by atoms with van der Waals surface area (Å²) in [5.41, 5.74) is 0.967. The average Bonchev–Trinajstić information content (AvgIpc) is 2.56. The smallest absolute Gasteiger partial charge is 0.242 e. The number of benzene rings is 2. The summed E-state index contributed by atoms with van der Waals surface area (Å²) in [7, 11) is -0.585. The summed E-state index contributed by atoms with van der Waals surface area (Å²) in [4.78, 5) is 12.0. The number of nitrogens with zero attached hydrogens (tertiary/aromatic N) is 1. The number of carbonyl (C=O) groups excluding carboxylic acids is 1. The van der Waals surface area contributed by atoms with E-state index >= 15 is 0 Å². The number of sulfonamides is 1. The fraction of sp³-hybridized carbons (Fsp3) is 0.235. The number of hydrogen-bond donors (Lipinski definition) is 1. The zero-order valence-electron chi connectivity index (χ0n) is 13.8. The Kier molecular flexibility index (Phi) is 5.86. The van der Waals surface area contributed by atoms with E-state index in [1.807, 2.05) is 0 Å². The van der Waals surface area contributed by atoms with Crippen LogP contribution in [0.3, 0.4) is 0 Å². The van der Waals surface area contributed by atoms with E-state index in [0.29, 0.717) is 6.42 Å². The Hall–Kier alpha value is -2.32. The molecule has 25 heavy (non-hydrogen) atoms. The van der Waals surface area contributed by atoms with Gasteiger partial charge in [0.2, 0.25) is 15.9 Å². The summed E-state index contributed by atoms with van der Waals surface area (Å²) in [5.74, 6) is -2.36. The number of aryl methyl sites for hydroxylation is 1. The lowest BCUT2D eigenvalue weighted by Gasteiger charge is -2.11. The van der Waals surface area contributed by atoms with Crippen LogP contribution in [0, 0.1) is 11.6 Å². The van der Waals surface area contributed by atoms with Crippen LogP contribution in [0.15, 0.2) is 47.4 Å². The van der Waals surface area contributed by atoms with Crippen LogP contribution in [0.25, 0.3) is 0 Å². The maximum atomic E-state index is 13.1.